The molecule has 0 aliphatic rings. The fourth-order valence-electron chi connectivity index (χ4n) is 1.58. The lowest BCUT2D eigenvalue weighted by molar-refractivity contribution is 0.433. The molecule has 1 nitrogen and oxygen atoms in total. The van der Waals surface area contributed by atoms with Crippen LogP contribution in [0.15, 0.2) is 23.1 Å². The smallest absolute Gasteiger partial charge is 0.136 e. The second kappa shape index (κ2) is 7.74. The third-order valence-corrected chi connectivity index (χ3v) is 3.92. The summed E-state index contributed by atoms with van der Waals surface area (Å²) >= 11 is 1.37. The molecule has 0 amide bonds. The topological polar surface area (TPSA) is 12.0 Å². The zero-order valence-corrected chi connectivity index (χ0v) is 12.0. The highest BCUT2D eigenvalue weighted by Crippen LogP contribution is 2.24. The molecule has 1 atom stereocenters. The molecule has 1 unspecified atom stereocenters. The monoisotopic (exact) mass is 273 g/mol. The number of thioether (sulfide) groups is 1. The van der Waals surface area contributed by atoms with E-state index in [-0.39, 0.29) is 11.6 Å². The van der Waals surface area contributed by atoms with Gasteiger partial charge in [0.2, 0.25) is 0 Å². The Kier molecular flexibility index (Phi) is 6.65. The van der Waals surface area contributed by atoms with E-state index in [4.69, 9.17) is 0 Å². The van der Waals surface area contributed by atoms with Gasteiger partial charge in [0.05, 0.1) is 0 Å². The van der Waals surface area contributed by atoms with E-state index >= 15 is 0 Å². The molecule has 1 N–H and O–H groups in total. The zero-order valence-electron chi connectivity index (χ0n) is 11.2. The Balaban J connectivity index is 2.58. The van der Waals surface area contributed by atoms with Gasteiger partial charge in [-0.25, -0.2) is 8.78 Å². The number of hydrogen-bond donors (Lipinski definition) is 1. The highest BCUT2D eigenvalue weighted by Gasteiger charge is 2.14. The summed E-state index contributed by atoms with van der Waals surface area (Å²) in [6.45, 7) is 7.34. The average Bonchev–Trinajstić information content (AvgIpc) is 2.33. The molecule has 4 heteroatoms. The van der Waals surface area contributed by atoms with E-state index in [1.54, 1.807) is 0 Å². The van der Waals surface area contributed by atoms with E-state index in [9.17, 15) is 8.78 Å². The lowest BCUT2D eigenvalue weighted by atomic mass is 10.1. The van der Waals surface area contributed by atoms with Gasteiger partial charge in [-0.1, -0.05) is 20.8 Å². The van der Waals surface area contributed by atoms with Gasteiger partial charge in [-0.3, -0.25) is 0 Å². The van der Waals surface area contributed by atoms with Gasteiger partial charge < -0.3 is 5.32 Å². The van der Waals surface area contributed by atoms with Crippen molar-refractivity contribution in [1.82, 2.24) is 5.32 Å². The van der Waals surface area contributed by atoms with Crippen LogP contribution < -0.4 is 5.32 Å². The van der Waals surface area contributed by atoms with E-state index in [0.717, 1.165) is 24.8 Å². The van der Waals surface area contributed by atoms with E-state index in [2.05, 4.69) is 26.1 Å². The van der Waals surface area contributed by atoms with Crippen molar-refractivity contribution in [3.63, 3.8) is 0 Å². The maximum Gasteiger partial charge on any atom is 0.136 e. The minimum atomic E-state index is -0.387. The summed E-state index contributed by atoms with van der Waals surface area (Å²) in [5.41, 5.74) is 0. The van der Waals surface area contributed by atoms with Gasteiger partial charge in [-0.2, -0.15) is 0 Å². The normalized spacial score (nSPS) is 13.0. The second-order valence-electron chi connectivity index (χ2n) is 4.69. The summed E-state index contributed by atoms with van der Waals surface area (Å²) < 4.78 is 26.5. The molecule has 0 saturated carbocycles. The summed E-state index contributed by atoms with van der Waals surface area (Å²) in [6, 6.07) is 3.91. The van der Waals surface area contributed by atoms with Crippen molar-refractivity contribution in [2.45, 2.75) is 38.1 Å². The van der Waals surface area contributed by atoms with Crippen molar-refractivity contribution in [3.8, 4) is 0 Å². The minimum Gasteiger partial charge on any atom is -0.313 e. The number of rotatable bonds is 7. The van der Waals surface area contributed by atoms with Crippen LogP contribution in [0.2, 0.25) is 0 Å². The molecule has 18 heavy (non-hydrogen) atoms. The molecule has 102 valence electrons. The molecule has 0 aliphatic carbocycles. The van der Waals surface area contributed by atoms with Crippen LogP contribution in [0.1, 0.15) is 27.2 Å². The van der Waals surface area contributed by atoms with E-state index in [1.165, 1.54) is 23.9 Å². The van der Waals surface area contributed by atoms with Crippen molar-refractivity contribution in [1.29, 1.82) is 0 Å². The largest absolute Gasteiger partial charge is 0.313 e. The molecule has 0 aromatic heterocycles. The Bertz CT molecular complexity index is 369. The van der Waals surface area contributed by atoms with Gasteiger partial charge >= 0.3 is 0 Å². The Labute approximate surface area is 112 Å². The molecule has 0 radical (unpaired) electrons. The van der Waals surface area contributed by atoms with Crippen LogP contribution >= 0.6 is 11.8 Å². The van der Waals surface area contributed by atoms with E-state index in [0.29, 0.717) is 16.9 Å². The average molecular weight is 273 g/mol. The van der Waals surface area contributed by atoms with Crippen LogP contribution in [0.3, 0.4) is 0 Å². The van der Waals surface area contributed by atoms with Gasteiger partial charge in [0, 0.05) is 16.7 Å². The summed E-state index contributed by atoms with van der Waals surface area (Å²) in [7, 11) is 0. The predicted molar refractivity (Wildman–Crippen MR) is 74.0 cm³/mol. The van der Waals surface area contributed by atoms with Crippen LogP contribution in [0.4, 0.5) is 8.78 Å². The zero-order chi connectivity index (χ0) is 13.5. The van der Waals surface area contributed by atoms with Crippen LogP contribution in [0, 0.1) is 17.6 Å². The highest BCUT2D eigenvalue weighted by molar-refractivity contribution is 7.99. The summed E-state index contributed by atoms with van der Waals surface area (Å²) in [5.74, 6) is 0.486. The highest BCUT2D eigenvalue weighted by atomic mass is 32.2. The number of hydrogen-bond acceptors (Lipinski definition) is 2. The number of halogens is 2. The lowest BCUT2D eigenvalue weighted by Gasteiger charge is -2.22. The summed E-state index contributed by atoms with van der Waals surface area (Å²) in [5, 5.41) is 3.44. The first-order valence-electron chi connectivity index (χ1n) is 6.35. The van der Waals surface area contributed by atoms with Gasteiger partial charge in [0.1, 0.15) is 11.6 Å². The number of benzene rings is 1. The first-order valence-corrected chi connectivity index (χ1v) is 7.34. The van der Waals surface area contributed by atoms with Crippen LogP contribution in [-0.2, 0) is 0 Å². The van der Waals surface area contributed by atoms with Gasteiger partial charge in [-0.15, -0.1) is 11.8 Å². The molecular formula is C14H21F2NS. The van der Waals surface area contributed by atoms with Crippen molar-refractivity contribution < 1.29 is 8.78 Å². The van der Waals surface area contributed by atoms with E-state index in [1.807, 2.05) is 0 Å². The van der Waals surface area contributed by atoms with Crippen molar-refractivity contribution in [2.24, 2.45) is 5.92 Å². The van der Waals surface area contributed by atoms with Crippen LogP contribution in [-0.4, -0.2) is 18.3 Å². The first-order chi connectivity index (χ1) is 8.54. The Morgan fingerprint density at radius 1 is 1.28 bits per heavy atom. The molecule has 1 aromatic rings. The molecule has 0 saturated heterocycles. The summed E-state index contributed by atoms with van der Waals surface area (Å²) in [6.07, 6.45) is 1.07. The van der Waals surface area contributed by atoms with Gasteiger partial charge in [0.15, 0.2) is 0 Å². The molecule has 0 aliphatic heterocycles. The Morgan fingerprint density at radius 3 is 2.61 bits per heavy atom. The van der Waals surface area contributed by atoms with Crippen LogP contribution in [0.25, 0.3) is 0 Å². The lowest BCUT2D eigenvalue weighted by Crippen LogP contribution is -2.36. The van der Waals surface area contributed by atoms with Crippen molar-refractivity contribution in [3.05, 3.63) is 29.8 Å². The predicted octanol–water partition coefficient (Wildman–Crippen LogP) is 4.08. The van der Waals surface area contributed by atoms with Gasteiger partial charge in [-0.05, 0) is 37.1 Å². The molecule has 0 heterocycles. The van der Waals surface area contributed by atoms with Gasteiger partial charge in [0.25, 0.3) is 0 Å². The SMILES string of the molecule is CCCNC(CSc1cc(F)ccc1F)C(C)C. The molecule has 0 spiro atoms. The Hall–Kier alpha value is -0.610. The fraction of sp³-hybridized carbons (Fsp3) is 0.571. The molecule has 1 rings (SSSR count). The Morgan fingerprint density at radius 2 is 2.00 bits per heavy atom. The standard InChI is InChI=1S/C14H21F2NS/c1-4-7-17-13(10(2)3)9-18-14-8-11(15)5-6-12(14)16/h5-6,8,10,13,17H,4,7,9H2,1-3H3. The molecular weight excluding hydrogens is 252 g/mol. The maximum absolute atomic E-state index is 13.5. The first kappa shape index (κ1) is 15.4. The quantitative estimate of drug-likeness (QED) is 0.751. The third kappa shape index (κ3) is 4.94. The molecule has 0 fully saturated rings. The third-order valence-electron chi connectivity index (χ3n) is 2.77. The van der Waals surface area contributed by atoms with Crippen LogP contribution in [0.5, 0.6) is 0 Å². The minimum absolute atomic E-state index is 0.317. The number of nitrogens with one attached hydrogen (secondary N) is 1. The summed E-state index contributed by atoms with van der Waals surface area (Å²) in [4.78, 5) is 0.388. The molecule has 1 aromatic carbocycles. The fourth-order valence-corrected chi connectivity index (χ4v) is 2.85. The second-order valence-corrected chi connectivity index (χ2v) is 5.75. The maximum atomic E-state index is 13.5. The van der Waals surface area contributed by atoms with E-state index < -0.39 is 0 Å². The molecule has 0 bridgehead atoms. The van der Waals surface area contributed by atoms with Crippen molar-refractivity contribution in [2.75, 3.05) is 12.3 Å². The van der Waals surface area contributed by atoms with Crippen molar-refractivity contribution >= 4 is 11.8 Å².